The molecule has 1 atom stereocenters. The molecule has 0 aliphatic heterocycles. The van der Waals surface area contributed by atoms with Gasteiger partial charge in [-0.3, -0.25) is 9.36 Å². The average molecular weight is 424 g/mol. The van der Waals surface area contributed by atoms with E-state index in [2.05, 4.69) is 0 Å². The molecule has 0 spiro atoms. The molecule has 4 aromatic rings. The van der Waals surface area contributed by atoms with Gasteiger partial charge < -0.3 is 14.3 Å². The number of nitrogens with zero attached hydrogens (tertiary/aromatic N) is 1. The highest BCUT2D eigenvalue weighted by atomic mass is 35.5. The summed E-state index contributed by atoms with van der Waals surface area (Å²) in [5, 5.41) is 11.1. The number of hydrogen-bond acceptors (Lipinski definition) is 5. The Bertz CT molecular complexity index is 1260. The lowest BCUT2D eigenvalue weighted by molar-refractivity contribution is 0.103. The minimum absolute atomic E-state index is 0.0131. The molecule has 0 amide bonds. The topological polar surface area (TPSA) is 81.7 Å². The third-order valence-corrected chi connectivity index (χ3v) is 5.14. The Morgan fingerprint density at radius 2 is 1.73 bits per heavy atom. The van der Waals surface area contributed by atoms with Crippen LogP contribution in [0, 0.1) is 0 Å². The van der Waals surface area contributed by atoms with Crippen molar-refractivity contribution >= 4 is 28.5 Å². The summed E-state index contributed by atoms with van der Waals surface area (Å²) in [4.78, 5) is 25.1. The molecule has 3 aromatic carbocycles. The highest BCUT2D eigenvalue weighted by molar-refractivity contribution is 6.30. The summed E-state index contributed by atoms with van der Waals surface area (Å²) in [6.07, 6.45) is -0.915. The standard InChI is InChI=1S/C23H18ClNO5/c1-29-18-9-4-15(5-10-18)22(27)16-6-11-19-21(12-16)30-23(28)25(19)13-20(26)14-2-7-17(24)8-3-14/h2-12,20,26H,13H2,1H3. The van der Waals surface area contributed by atoms with Crippen molar-refractivity contribution in [3.63, 3.8) is 0 Å². The predicted molar refractivity (Wildman–Crippen MR) is 113 cm³/mol. The van der Waals surface area contributed by atoms with E-state index in [1.54, 1.807) is 67.8 Å². The highest BCUT2D eigenvalue weighted by Crippen LogP contribution is 2.22. The van der Waals surface area contributed by atoms with Crippen LogP contribution in [0.4, 0.5) is 0 Å². The molecule has 0 bridgehead atoms. The Morgan fingerprint density at radius 3 is 2.40 bits per heavy atom. The smallest absolute Gasteiger partial charge is 0.420 e. The fourth-order valence-corrected chi connectivity index (χ4v) is 3.38. The fraction of sp³-hybridized carbons (Fsp3) is 0.130. The third kappa shape index (κ3) is 3.87. The molecule has 1 N–H and O–H groups in total. The lowest BCUT2D eigenvalue weighted by Gasteiger charge is -2.11. The molecule has 1 aromatic heterocycles. The van der Waals surface area contributed by atoms with Gasteiger partial charge in [-0.05, 0) is 60.2 Å². The minimum Gasteiger partial charge on any atom is -0.497 e. The molecule has 0 radical (unpaired) electrons. The summed E-state index contributed by atoms with van der Waals surface area (Å²) in [6, 6.07) is 18.3. The summed E-state index contributed by atoms with van der Waals surface area (Å²) in [6.45, 7) is 0.0131. The number of carbonyl (C=O) groups excluding carboxylic acids is 1. The number of carbonyl (C=O) groups is 1. The van der Waals surface area contributed by atoms with Crippen molar-refractivity contribution < 1.29 is 19.1 Å². The Morgan fingerprint density at radius 1 is 1.07 bits per heavy atom. The van der Waals surface area contributed by atoms with E-state index in [1.807, 2.05) is 0 Å². The van der Waals surface area contributed by atoms with E-state index in [0.717, 1.165) is 0 Å². The zero-order valence-corrected chi connectivity index (χ0v) is 16.8. The molecular formula is C23H18ClNO5. The zero-order chi connectivity index (χ0) is 21.3. The van der Waals surface area contributed by atoms with E-state index < -0.39 is 11.9 Å². The summed E-state index contributed by atoms with van der Waals surface area (Å²) in [7, 11) is 1.56. The predicted octanol–water partition coefficient (Wildman–Crippen LogP) is 4.22. The minimum atomic E-state index is -0.915. The van der Waals surface area contributed by atoms with Crippen LogP contribution in [0.2, 0.25) is 5.02 Å². The second-order valence-electron chi connectivity index (χ2n) is 6.79. The van der Waals surface area contributed by atoms with E-state index >= 15 is 0 Å². The van der Waals surface area contributed by atoms with Crippen molar-refractivity contribution in [3.05, 3.63) is 99.0 Å². The van der Waals surface area contributed by atoms with Gasteiger partial charge >= 0.3 is 5.76 Å². The molecule has 7 heteroatoms. The van der Waals surface area contributed by atoms with Crippen LogP contribution in [-0.2, 0) is 6.54 Å². The van der Waals surface area contributed by atoms with Crippen molar-refractivity contribution in [3.8, 4) is 5.75 Å². The van der Waals surface area contributed by atoms with Crippen LogP contribution < -0.4 is 10.5 Å². The highest BCUT2D eigenvalue weighted by Gasteiger charge is 2.17. The van der Waals surface area contributed by atoms with Crippen LogP contribution in [-0.4, -0.2) is 22.6 Å². The number of benzene rings is 3. The van der Waals surface area contributed by atoms with Gasteiger partial charge in [-0.25, -0.2) is 4.79 Å². The molecule has 4 rings (SSSR count). The second-order valence-corrected chi connectivity index (χ2v) is 7.22. The van der Waals surface area contributed by atoms with E-state index in [-0.39, 0.29) is 17.9 Å². The van der Waals surface area contributed by atoms with Crippen molar-refractivity contribution in [1.82, 2.24) is 4.57 Å². The van der Waals surface area contributed by atoms with Crippen molar-refractivity contribution in [2.45, 2.75) is 12.6 Å². The first-order chi connectivity index (χ1) is 14.5. The molecule has 6 nitrogen and oxygen atoms in total. The molecule has 0 aliphatic carbocycles. The molecule has 1 unspecified atom stereocenters. The molecule has 1 heterocycles. The number of halogens is 1. The first kappa shape index (κ1) is 19.9. The molecule has 0 saturated carbocycles. The largest absolute Gasteiger partial charge is 0.497 e. The normalized spacial score (nSPS) is 12.1. The zero-order valence-electron chi connectivity index (χ0n) is 16.0. The summed E-state index contributed by atoms with van der Waals surface area (Å²) in [5.74, 6) is -0.146. The Kier molecular flexibility index (Phi) is 5.44. The van der Waals surface area contributed by atoms with E-state index in [4.69, 9.17) is 20.8 Å². The van der Waals surface area contributed by atoms with E-state index in [1.165, 1.54) is 10.6 Å². The maximum Gasteiger partial charge on any atom is 0.420 e. The van der Waals surface area contributed by atoms with Crippen molar-refractivity contribution in [2.75, 3.05) is 7.11 Å². The van der Waals surface area contributed by atoms with Gasteiger partial charge in [0.15, 0.2) is 11.4 Å². The number of hydrogen-bond donors (Lipinski definition) is 1. The number of aliphatic hydroxyl groups is 1. The monoisotopic (exact) mass is 423 g/mol. The van der Waals surface area contributed by atoms with Gasteiger partial charge in [-0.15, -0.1) is 0 Å². The Hall–Kier alpha value is -3.35. The summed E-state index contributed by atoms with van der Waals surface area (Å²) < 4.78 is 11.8. The number of methoxy groups -OCH3 is 1. The maximum absolute atomic E-state index is 12.8. The number of fused-ring (bicyclic) bond motifs is 1. The molecular weight excluding hydrogens is 406 g/mol. The quantitative estimate of drug-likeness (QED) is 0.469. The summed E-state index contributed by atoms with van der Waals surface area (Å²) in [5.41, 5.74) is 2.30. The number of rotatable bonds is 6. The first-order valence-corrected chi connectivity index (χ1v) is 9.60. The van der Waals surface area contributed by atoms with Gasteiger partial charge in [0.1, 0.15) is 5.75 Å². The number of oxazole rings is 1. The first-order valence-electron chi connectivity index (χ1n) is 9.22. The van der Waals surface area contributed by atoms with Gasteiger partial charge in [0.2, 0.25) is 0 Å². The lowest BCUT2D eigenvalue weighted by Crippen LogP contribution is -2.18. The van der Waals surface area contributed by atoms with Crippen LogP contribution >= 0.6 is 11.6 Å². The molecule has 0 saturated heterocycles. The molecule has 0 fully saturated rings. The number of aromatic nitrogens is 1. The number of ketones is 1. The van der Waals surface area contributed by atoms with Gasteiger partial charge in [-0.1, -0.05) is 23.7 Å². The van der Waals surface area contributed by atoms with Crippen LogP contribution in [0.1, 0.15) is 27.6 Å². The average Bonchev–Trinajstić information content (AvgIpc) is 3.08. The van der Waals surface area contributed by atoms with Gasteiger partial charge in [0, 0.05) is 16.1 Å². The van der Waals surface area contributed by atoms with Crippen molar-refractivity contribution in [1.29, 1.82) is 0 Å². The van der Waals surface area contributed by atoms with E-state index in [0.29, 0.717) is 33.0 Å². The lowest BCUT2D eigenvalue weighted by atomic mass is 10.0. The molecule has 0 aliphatic rings. The van der Waals surface area contributed by atoms with Gasteiger partial charge in [-0.2, -0.15) is 0 Å². The second kappa shape index (κ2) is 8.18. The van der Waals surface area contributed by atoms with Crippen LogP contribution in [0.3, 0.4) is 0 Å². The third-order valence-electron chi connectivity index (χ3n) is 4.89. The van der Waals surface area contributed by atoms with Crippen LogP contribution in [0.25, 0.3) is 11.1 Å². The SMILES string of the molecule is COc1ccc(C(=O)c2ccc3c(c2)oc(=O)n3CC(O)c2ccc(Cl)cc2)cc1. The van der Waals surface area contributed by atoms with Gasteiger partial charge in [0.25, 0.3) is 0 Å². The van der Waals surface area contributed by atoms with Crippen LogP contribution in [0.15, 0.2) is 75.9 Å². The van der Waals surface area contributed by atoms with Crippen LogP contribution in [0.5, 0.6) is 5.75 Å². The molecule has 30 heavy (non-hydrogen) atoms. The van der Waals surface area contributed by atoms with Gasteiger partial charge in [0.05, 0.1) is 25.3 Å². The molecule has 152 valence electrons. The fourth-order valence-electron chi connectivity index (χ4n) is 3.25. The summed E-state index contributed by atoms with van der Waals surface area (Å²) >= 11 is 5.88. The Balaban J connectivity index is 1.62. The van der Waals surface area contributed by atoms with Crippen molar-refractivity contribution in [2.24, 2.45) is 0 Å². The van der Waals surface area contributed by atoms with E-state index in [9.17, 15) is 14.7 Å². The maximum atomic E-state index is 12.8. The number of aliphatic hydroxyl groups excluding tert-OH is 1. The number of ether oxygens (including phenoxy) is 1. The Labute approximate surface area is 176 Å².